The van der Waals surface area contributed by atoms with Crippen molar-refractivity contribution in [3.63, 3.8) is 0 Å². The number of nitrogens with zero attached hydrogens (tertiary/aromatic N) is 4. The van der Waals surface area contributed by atoms with Gasteiger partial charge in [0.25, 0.3) is 0 Å². The lowest BCUT2D eigenvalue weighted by Crippen LogP contribution is -2.31. The molecule has 0 aromatic carbocycles. The van der Waals surface area contributed by atoms with E-state index < -0.39 is 0 Å². The Morgan fingerprint density at radius 1 is 1.47 bits per heavy atom. The minimum Gasteiger partial charge on any atom is -0.370 e. The number of aryl methyl sites for hydroxylation is 1. The third-order valence-corrected chi connectivity index (χ3v) is 1.99. The van der Waals surface area contributed by atoms with Crippen LogP contribution in [0.15, 0.2) is 11.1 Å². The van der Waals surface area contributed by atoms with Gasteiger partial charge >= 0.3 is 0 Å². The van der Waals surface area contributed by atoms with E-state index in [-0.39, 0.29) is 24.0 Å². The molecule has 0 radical (unpaired) electrons. The zero-order valence-electron chi connectivity index (χ0n) is 10.6. The quantitative estimate of drug-likeness (QED) is 0.472. The highest BCUT2D eigenvalue weighted by molar-refractivity contribution is 14.0. The topological polar surface area (TPSA) is 79.4 Å². The monoisotopic (exact) mass is 350 g/mol. The van der Waals surface area contributed by atoms with Gasteiger partial charge in [-0.15, -0.1) is 24.0 Å². The lowest BCUT2D eigenvalue weighted by molar-refractivity contribution is 0.837. The summed E-state index contributed by atoms with van der Waals surface area (Å²) in [5, 5.41) is 2.96. The number of rotatable bonds is 3. The van der Waals surface area contributed by atoms with Crippen LogP contribution in [0.5, 0.6) is 0 Å². The van der Waals surface area contributed by atoms with Crippen LogP contribution < -0.4 is 16.0 Å². The van der Waals surface area contributed by atoms with Crippen molar-refractivity contribution in [1.29, 1.82) is 0 Å². The molecule has 0 saturated heterocycles. The summed E-state index contributed by atoms with van der Waals surface area (Å²) in [6.45, 7) is 2.49. The zero-order valence-corrected chi connectivity index (χ0v) is 12.9. The van der Waals surface area contributed by atoms with Crippen molar-refractivity contribution in [2.75, 3.05) is 26.0 Å². The van der Waals surface area contributed by atoms with E-state index in [9.17, 15) is 0 Å². The Bertz CT molecular complexity index is 390. The highest BCUT2D eigenvalue weighted by Gasteiger charge is 2.03. The summed E-state index contributed by atoms with van der Waals surface area (Å²) in [5.41, 5.74) is 7.37. The second kappa shape index (κ2) is 7.25. The molecule has 1 heterocycles. The van der Waals surface area contributed by atoms with Gasteiger partial charge in [-0.25, -0.2) is 9.97 Å². The van der Waals surface area contributed by atoms with Crippen LogP contribution >= 0.6 is 24.0 Å². The Morgan fingerprint density at radius 3 is 2.65 bits per heavy atom. The predicted molar refractivity (Wildman–Crippen MR) is 80.9 cm³/mol. The van der Waals surface area contributed by atoms with E-state index in [1.54, 1.807) is 7.05 Å². The summed E-state index contributed by atoms with van der Waals surface area (Å²) >= 11 is 0. The number of halogens is 1. The summed E-state index contributed by atoms with van der Waals surface area (Å²) in [5.74, 6) is 1.10. The lowest BCUT2D eigenvalue weighted by atomic mass is 10.3. The summed E-state index contributed by atoms with van der Waals surface area (Å²) in [4.78, 5) is 14.4. The van der Waals surface area contributed by atoms with Crippen molar-refractivity contribution < 1.29 is 0 Å². The van der Waals surface area contributed by atoms with Gasteiger partial charge in [-0.2, -0.15) is 0 Å². The molecule has 1 aromatic heterocycles. The van der Waals surface area contributed by atoms with E-state index >= 15 is 0 Å². The number of aromatic nitrogens is 2. The van der Waals surface area contributed by atoms with Crippen LogP contribution in [0.3, 0.4) is 0 Å². The minimum absolute atomic E-state index is 0. The van der Waals surface area contributed by atoms with Crippen LogP contribution in [0.1, 0.15) is 11.4 Å². The summed E-state index contributed by atoms with van der Waals surface area (Å²) in [7, 11) is 5.46. The van der Waals surface area contributed by atoms with Crippen molar-refractivity contribution in [3.8, 4) is 0 Å². The number of hydrogen-bond acceptors (Lipinski definition) is 4. The number of aliphatic imine (C=N–C) groups is 1. The molecule has 6 nitrogen and oxygen atoms in total. The molecular formula is C10H19IN6. The third-order valence-electron chi connectivity index (χ3n) is 1.99. The first-order valence-electron chi connectivity index (χ1n) is 5.01. The molecule has 1 rings (SSSR count). The van der Waals surface area contributed by atoms with Gasteiger partial charge in [-0.3, -0.25) is 4.99 Å². The second-order valence-electron chi connectivity index (χ2n) is 3.66. The third kappa shape index (κ3) is 5.16. The van der Waals surface area contributed by atoms with Gasteiger partial charge in [0.05, 0.1) is 12.2 Å². The van der Waals surface area contributed by atoms with Crippen LogP contribution in [-0.2, 0) is 6.54 Å². The van der Waals surface area contributed by atoms with Gasteiger partial charge in [0.1, 0.15) is 0 Å². The second-order valence-corrected chi connectivity index (χ2v) is 3.66. The Kier molecular flexibility index (Phi) is 6.78. The summed E-state index contributed by atoms with van der Waals surface area (Å²) in [6.07, 6.45) is 0. The molecule has 7 heteroatoms. The van der Waals surface area contributed by atoms with Crippen LogP contribution in [0, 0.1) is 6.92 Å². The van der Waals surface area contributed by atoms with E-state index in [1.165, 1.54) is 0 Å². The normalized spacial score (nSPS) is 10.7. The molecule has 0 unspecified atom stereocenters. The van der Waals surface area contributed by atoms with E-state index in [0.29, 0.717) is 18.5 Å². The van der Waals surface area contributed by atoms with Crippen molar-refractivity contribution in [3.05, 3.63) is 17.5 Å². The van der Waals surface area contributed by atoms with Gasteiger partial charge in [-0.05, 0) is 13.0 Å². The Balaban J connectivity index is 0.00000256. The van der Waals surface area contributed by atoms with E-state index in [2.05, 4.69) is 20.3 Å². The van der Waals surface area contributed by atoms with Crippen LogP contribution in [-0.4, -0.2) is 37.1 Å². The SMILES string of the molecule is CN=C(N)NCc1cc(C)nc(N(C)C)n1.I. The number of nitrogens with two attached hydrogens (primary N) is 1. The molecule has 0 atom stereocenters. The van der Waals surface area contributed by atoms with Crippen LogP contribution in [0.4, 0.5) is 5.95 Å². The first kappa shape index (κ1) is 15.9. The molecule has 1 aromatic rings. The maximum absolute atomic E-state index is 5.54. The Hall–Kier alpha value is -1.12. The van der Waals surface area contributed by atoms with Crippen LogP contribution in [0.25, 0.3) is 0 Å². The maximum Gasteiger partial charge on any atom is 0.225 e. The largest absolute Gasteiger partial charge is 0.370 e. The molecule has 3 N–H and O–H groups in total. The maximum atomic E-state index is 5.54. The van der Waals surface area contributed by atoms with E-state index in [4.69, 9.17) is 5.73 Å². The molecular weight excluding hydrogens is 331 g/mol. The molecule has 0 amide bonds. The standard InChI is InChI=1S/C10H18N6.HI/c1-7-5-8(6-13-9(11)12-2)15-10(14-7)16(3)4;/h5H,6H2,1-4H3,(H3,11,12,13);1H. The van der Waals surface area contributed by atoms with Crippen LogP contribution in [0.2, 0.25) is 0 Å². The minimum atomic E-state index is 0. The van der Waals surface area contributed by atoms with Gasteiger partial charge < -0.3 is 16.0 Å². The van der Waals surface area contributed by atoms with Crippen molar-refractivity contribution in [1.82, 2.24) is 15.3 Å². The fourth-order valence-electron chi connectivity index (χ4n) is 1.17. The molecule has 0 fully saturated rings. The number of guanidine groups is 1. The average molecular weight is 350 g/mol. The fraction of sp³-hybridized carbons (Fsp3) is 0.500. The molecule has 17 heavy (non-hydrogen) atoms. The summed E-state index contributed by atoms with van der Waals surface area (Å²) < 4.78 is 0. The first-order chi connectivity index (χ1) is 7.52. The highest BCUT2D eigenvalue weighted by Crippen LogP contribution is 2.06. The number of nitrogens with one attached hydrogen (secondary N) is 1. The summed E-state index contributed by atoms with van der Waals surface area (Å²) in [6, 6.07) is 1.92. The zero-order chi connectivity index (χ0) is 12.1. The molecule has 0 spiro atoms. The van der Waals surface area contributed by atoms with E-state index in [1.807, 2.05) is 32.0 Å². The highest BCUT2D eigenvalue weighted by atomic mass is 127. The molecule has 0 aliphatic heterocycles. The van der Waals surface area contributed by atoms with E-state index in [0.717, 1.165) is 11.4 Å². The molecule has 0 saturated carbocycles. The Labute approximate surface area is 119 Å². The predicted octanol–water partition coefficient (Wildman–Crippen LogP) is 0.503. The van der Waals surface area contributed by atoms with Crippen molar-refractivity contribution in [2.24, 2.45) is 10.7 Å². The first-order valence-corrected chi connectivity index (χ1v) is 5.01. The van der Waals surface area contributed by atoms with Crippen molar-refractivity contribution in [2.45, 2.75) is 13.5 Å². The number of hydrogen-bond donors (Lipinski definition) is 2. The Morgan fingerprint density at radius 2 is 2.12 bits per heavy atom. The lowest BCUT2D eigenvalue weighted by Gasteiger charge is -2.12. The van der Waals surface area contributed by atoms with Gasteiger partial charge in [-0.1, -0.05) is 0 Å². The van der Waals surface area contributed by atoms with Gasteiger partial charge in [0.2, 0.25) is 5.95 Å². The molecule has 0 aliphatic rings. The fourth-order valence-corrected chi connectivity index (χ4v) is 1.17. The van der Waals surface area contributed by atoms with Gasteiger partial charge in [0.15, 0.2) is 5.96 Å². The average Bonchev–Trinajstić information content (AvgIpc) is 2.25. The van der Waals surface area contributed by atoms with Gasteiger partial charge in [0, 0.05) is 26.8 Å². The molecule has 96 valence electrons. The molecule has 0 aliphatic carbocycles. The molecule has 0 bridgehead atoms. The smallest absolute Gasteiger partial charge is 0.225 e. The number of anilines is 1. The van der Waals surface area contributed by atoms with Crippen molar-refractivity contribution >= 4 is 35.9 Å².